The number of nitrogen functional groups attached to an aromatic ring is 1. The quantitative estimate of drug-likeness (QED) is 0.490. The zero-order chi connectivity index (χ0) is 11.1. The van der Waals surface area contributed by atoms with Crippen molar-refractivity contribution in [2.45, 2.75) is 0 Å². The van der Waals surface area contributed by atoms with Gasteiger partial charge in [-0.3, -0.25) is 5.10 Å². The number of H-pyrrole nitrogens is 2. The second-order valence-corrected chi connectivity index (χ2v) is 3.49. The first-order valence-electron chi connectivity index (χ1n) is 4.72. The number of nitrogens with one attached hydrogen (secondary N) is 2. The molecule has 3 aromatic rings. The lowest BCUT2D eigenvalue weighted by Gasteiger charge is -1.88. The van der Waals surface area contributed by atoms with Gasteiger partial charge in [-0.05, 0) is 12.1 Å². The monoisotopic (exact) mass is 215 g/mol. The van der Waals surface area contributed by atoms with Gasteiger partial charge in [0.05, 0.1) is 11.0 Å². The van der Waals surface area contributed by atoms with Gasteiger partial charge in [0.15, 0.2) is 5.82 Å². The molecule has 0 saturated carbocycles. The number of rotatable bonds is 1. The van der Waals surface area contributed by atoms with Crippen molar-refractivity contribution in [2.75, 3.05) is 5.73 Å². The molecular weight excluding hydrogens is 206 g/mol. The first-order valence-corrected chi connectivity index (χ1v) is 4.72. The van der Waals surface area contributed by atoms with Crippen LogP contribution in [0.3, 0.4) is 0 Å². The van der Waals surface area contributed by atoms with Crippen LogP contribution in [0.1, 0.15) is 0 Å². The average Bonchev–Trinajstić information content (AvgIpc) is 2.83. The average molecular weight is 215 g/mol. The fraction of sp³-hybridized carbons (Fsp3) is 0. The van der Waals surface area contributed by atoms with Crippen LogP contribution in [-0.4, -0.2) is 25.3 Å². The molecule has 0 aliphatic carbocycles. The second-order valence-electron chi connectivity index (χ2n) is 3.49. The van der Waals surface area contributed by atoms with Gasteiger partial charge >= 0.3 is 0 Å². The lowest BCUT2D eigenvalue weighted by atomic mass is 10.3. The van der Waals surface area contributed by atoms with Gasteiger partial charge in [0.1, 0.15) is 17.3 Å². The van der Waals surface area contributed by atoms with Crippen molar-refractivity contribution in [3.05, 3.63) is 24.3 Å². The highest BCUT2D eigenvalue weighted by Crippen LogP contribution is 2.22. The van der Waals surface area contributed by atoms with Crippen molar-refractivity contribution in [3.8, 4) is 17.3 Å². The number of aromatic nitrogens is 4. The van der Waals surface area contributed by atoms with Crippen molar-refractivity contribution < 1.29 is 5.11 Å². The van der Waals surface area contributed by atoms with Crippen molar-refractivity contribution in [1.82, 2.24) is 20.2 Å². The highest BCUT2D eigenvalue weighted by atomic mass is 16.3. The minimum absolute atomic E-state index is 0.201. The third-order valence-electron chi connectivity index (χ3n) is 2.32. The van der Waals surface area contributed by atoms with Crippen LogP contribution in [0.5, 0.6) is 5.75 Å². The lowest BCUT2D eigenvalue weighted by Crippen LogP contribution is -1.81. The molecule has 0 saturated heterocycles. The molecule has 2 heterocycles. The molecule has 2 aromatic heterocycles. The minimum atomic E-state index is 0.201. The molecule has 0 atom stereocenters. The summed E-state index contributed by atoms with van der Waals surface area (Å²) < 4.78 is 0. The summed E-state index contributed by atoms with van der Waals surface area (Å²) in [6.07, 6.45) is 0. The topological polar surface area (TPSA) is 104 Å². The number of benzene rings is 1. The van der Waals surface area contributed by atoms with Gasteiger partial charge in [-0.1, -0.05) is 0 Å². The number of nitrogens with zero attached hydrogens (tertiary/aromatic N) is 2. The molecule has 5 N–H and O–H groups in total. The van der Waals surface area contributed by atoms with Crippen LogP contribution in [-0.2, 0) is 0 Å². The summed E-state index contributed by atoms with van der Waals surface area (Å²) in [5.41, 5.74) is 7.77. The van der Waals surface area contributed by atoms with Crippen molar-refractivity contribution in [2.24, 2.45) is 0 Å². The van der Waals surface area contributed by atoms with Crippen LogP contribution < -0.4 is 5.73 Å². The summed E-state index contributed by atoms with van der Waals surface area (Å²) in [7, 11) is 0. The van der Waals surface area contributed by atoms with E-state index in [0.717, 1.165) is 11.0 Å². The Hall–Kier alpha value is -2.50. The van der Waals surface area contributed by atoms with E-state index in [1.165, 1.54) is 0 Å². The summed E-state index contributed by atoms with van der Waals surface area (Å²) in [5.74, 6) is 1.26. The molecule has 6 nitrogen and oxygen atoms in total. The number of phenols is 1. The van der Waals surface area contributed by atoms with E-state index in [0.29, 0.717) is 17.3 Å². The maximum Gasteiger partial charge on any atom is 0.156 e. The number of imidazole rings is 1. The fourth-order valence-electron chi connectivity index (χ4n) is 1.58. The highest BCUT2D eigenvalue weighted by Gasteiger charge is 2.07. The second kappa shape index (κ2) is 2.99. The molecule has 1 aromatic carbocycles. The maximum absolute atomic E-state index is 9.33. The zero-order valence-corrected chi connectivity index (χ0v) is 8.23. The number of hydrogen-bond donors (Lipinski definition) is 4. The SMILES string of the molecule is Nc1cc(-c2nc3ccc(O)cc3[nH]2)[nH]n1. The largest absolute Gasteiger partial charge is 0.508 e. The first kappa shape index (κ1) is 8.78. The van der Waals surface area contributed by atoms with E-state index in [1.807, 2.05) is 0 Å². The van der Waals surface area contributed by atoms with Crippen LogP contribution >= 0.6 is 0 Å². The third kappa shape index (κ3) is 1.28. The molecular formula is C10H9N5O. The van der Waals surface area contributed by atoms with Crippen molar-refractivity contribution >= 4 is 16.9 Å². The predicted octanol–water partition coefficient (Wildman–Crippen LogP) is 1.24. The number of phenolic OH excluding ortho intramolecular Hbond substituents is 1. The summed E-state index contributed by atoms with van der Waals surface area (Å²) in [6.45, 7) is 0. The number of hydrogen-bond acceptors (Lipinski definition) is 4. The zero-order valence-electron chi connectivity index (χ0n) is 8.23. The molecule has 0 aliphatic rings. The molecule has 0 unspecified atom stereocenters. The third-order valence-corrected chi connectivity index (χ3v) is 2.32. The predicted molar refractivity (Wildman–Crippen MR) is 59.8 cm³/mol. The van der Waals surface area contributed by atoms with Gasteiger partial charge in [-0.2, -0.15) is 5.10 Å². The summed E-state index contributed by atoms with van der Waals surface area (Å²) in [4.78, 5) is 7.41. The Morgan fingerprint density at radius 1 is 1.25 bits per heavy atom. The molecule has 3 rings (SSSR count). The standard InChI is InChI=1S/C10H9N5O/c11-9-4-8(14-15-9)10-12-6-2-1-5(16)3-7(6)13-10/h1-4,16H,(H,12,13)(H3,11,14,15). The summed E-state index contributed by atoms with van der Waals surface area (Å²) >= 11 is 0. The lowest BCUT2D eigenvalue weighted by molar-refractivity contribution is 0.476. The van der Waals surface area contributed by atoms with Crippen LogP contribution in [0.2, 0.25) is 0 Å². The molecule has 6 heteroatoms. The van der Waals surface area contributed by atoms with Gasteiger partial charge in [0.25, 0.3) is 0 Å². The van der Waals surface area contributed by atoms with Crippen molar-refractivity contribution in [3.63, 3.8) is 0 Å². The molecule has 0 amide bonds. The molecule has 0 radical (unpaired) electrons. The summed E-state index contributed by atoms with van der Waals surface area (Å²) in [6, 6.07) is 6.64. The van der Waals surface area contributed by atoms with E-state index in [1.54, 1.807) is 24.3 Å². The van der Waals surface area contributed by atoms with E-state index >= 15 is 0 Å². The number of nitrogens with two attached hydrogens (primary N) is 1. The number of aromatic amines is 2. The summed E-state index contributed by atoms with van der Waals surface area (Å²) in [5, 5.41) is 15.9. The fourth-order valence-corrected chi connectivity index (χ4v) is 1.58. The molecule has 0 fully saturated rings. The molecule has 0 spiro atoms. The van der Waals surface area contributed by atoms with Crippen molar-refractivity contribution in [1.29, 1.82) is 0 Å². The Morgan fingerprint density at radius 2 is 2.12 bits per heavy atom. The Labute approximate surface area is 90.1 Å². The molecule has 0 aliphatic heterocycles. The first-order chi connectivity index (χ1) is 7.72. The van der Waals surface area contributed by atoms with E-state index in [2.05, 4.69) is 20.2 Å². The van der Waals surface area contributed by atoms with Gasteiger partial charge in [-0.15, -0.1) is 0 Å². The normalized spacial score (nSPS) is 11.0. The van der Waals surface area contributed by atoms with Crippen LogP contribution in [0.15, 0.2) is 24.3 Å². The minimum Gasteiger partial charge on any atom is -0.508 e. The van der Waals surface area contributed by atoms with E-state index < -0.39 is 0 Å². The molecule has 16 heavy (non-hydrogen) atoms. The van der Waals surface area contributed by atoms with E-state index in [4.69, 9.17) is 5.73 Å². The Bertz CT molecular complexity index is 654. The highest BCUT2D eigenvalue weighted by molar-refractivity contribution is 5.80. The van der Waals surface area contributed by atoms with Crippen LogP contribution in [0, 0.1) is 0 Å². The van der Waals surface area contributed by atoms with Gasteiger partial charge in [0.2, 0.25) is 0 Å². The van der Waals surface area contributed by atoms with Crippen LogP contribution in [0.4, 0.5) is 5.82 Å². The smallest absolute Gasteiger partial charge is 0.156 e. The van der Waals surface area contributed by atoms with Gasteiger partial charge in [-0.25, -0.2) is 4.98 Å². The van der Waals surface area contributed by atoms with Gasteiger partial charge in [0, 0.05) is 12.1 Å². The number of aromatic hydroxyl groups is 1. The Kier molecular flexibility index (Phi) is 1.64. The number of fused-ring (bicyclic) bond motifs is 1. The van der Waals surface area contributed by atoms with E-state index in [-0.39, 0.29) is 5.75 Å². The Morgan fingerprint density at radius 3 is 2.88 bits per heavy atom. The van der Waals surface area contributed by atoms with E-state index in [9.17, 15) is 5.11 Å². The van der Waals surface area contributed by atoms with Gasteiger partial charge < -0.3 is 15.8 Å². The van der Waals surface area contributed by atoms with Crippen LogP contribution in [0.25, 0.3) is 22.6 Å². The maximum atomic E-state index is 9.33. The Balaban J connectivity index is 2.18. The molecule has 80 valence electrons. The molecule has 0 bridgehead atoms. The number of anilines is 1.